The van der Waals surface area contributed by atoms with Crippen LogP contribution in [-0.2, 0) is 15.7 Å². The predicted molar refractivity (Wildman–Crippen MR) is 141 cm³/mol. The molecule has 0 saturated carbocycles. The first-order valence-corrected chi connectivity index (χ1v) is 12.5. The number of carbonyl (C=O) groups excluding carboxylic acids is 2. The van der Waals surface area contributed by atoms with E-state index >= 15 is 0 Å². The van der Waals surface area contributed by atoms with E-state index in [-0.39, 0.29) is 17.9 Å². The third-order valence-electron chi connectivity index (χ3n) is 6.25. The average molecular weight is 562 g/mol. The third kappa shape index (κ3) is 7.31. The van der Waals surface area contributed by atoms with Gasteiger partial charge in [-0.15, -0.1) is 0 Å². The number of benzene rings is 3. The van der Waals surface area contributed by atoms with Crippen molar-refractivity contribution in [1.29, 1.82) is 0 Å². The molecule has 3 rings (SSSR count). The Morgan fingerprint density at radius 1 is 0.950 bits per heavy atom. The van der Waals surface area contributed by atoms with Crippen LogP contribution in [-0.4, -0.2) is 36.0 Å². The fourth-order valence-corrected chi connectivity index (χ4v) is 3.85. The number of ether oxygens (including phenoxy) is 3. The minimum atomic E-state index is -4.51. The molecule has 214 valence electrons. The van der Waals surface area contributed by atoms with Crippen LogP contribution in [0.1, 0.15) is 60.8 Å². The number of esters is 1. The van der Waals surface area contributed by atoms with Gasteiger partial charge in [-0.1, -0.05) is 0 Å². The van der Waals surface area contributed by atoms with Crippen LogP contribution in [0.5, 0.6) is 17.2 Å². The fourth-order valence-electron chi connectivity index (χ4n) is 3.85. The lowest BCUT2D eigenvalue weighted by atomic mass is 10.0. The van der Waals surface area contributed by atoms with Crippen molar-refractivity contribution in [3.8, 4) is 17.2 Å². The maximum atomic E-state index is 14.5. The number of nitrogens with zero attached hydrogens (tertiary/aromatic N) is 1. The van der Waals surface area contributed by atoms with Gasteiger partial charge in [-0.3, -0.25) is 4.79 Å². The van der Waals surface area contributed by atoms with Crippen LogP contribution >= 0.6 is 0 Å². The summed E-state index contributed by atoms with van der Waals surface area (Å²) < 4.78 is 69.9. The Labute approximate surface area is 230 Å². The molecule has 0 heterocycles. The second kappa shape index (κ2) is 12.0. The van der Waals surface area contributed by atoms with E-state index in [1.54, 1.807) is 58.9 Å². The van der Waals surface area contributed by atoms with E-state index in [2.05, 4.69) is 0 Å². The molecule has 0 saturated heterocycles. The summed E-state index contributed by atoms with van der Waals surface area (Å²) in [7, 11) is 1.48. The lowest BCUT2D eigenvalue weighted by Gasteiger charge is -2.26. The number of alkyl halides is 3. The van der Waals surface area contributed by atoms with Crippen LogP contribution in [0.15, 0.2) is 60.7 Å². The molecule has 1 unspecified atom stereocenters. The molecule has 0 aliphatic rings. The van der Waals surface area contributed by atoms with Crippen LogP contribution in [0.3, 0.4) is 0 Å². The standard InChI is InChI=1S/C30H31F4NO5/c1-7-38-28(37)29(4,5)40-26-13-12-24(14-18(26)2)39-25-16-21(15-23(31)17-25)19(3)35(6)27(36)20-8-10-22(11-9-20)30(32,33)34/h8-17,19H,7H2,1-6H3. The van der Waals surface area contributed by atoms with E-state index in [0.717, 1.165) is 24.3 Å². The predicted octanol–water partition coefficient (Wildman–Crippen LogP) is 7.50. The highest BCUT2D eigenvalue weighted by Gasteiger charge is 2.32. The first-order chi connectivity index (χ1) is 18.6. The van der Waals surface area contributed by atoms with Gasteiger partial charge in [0.15, 0.2) is 5.60 Å². The SMILES string of the molecule is CCOC(=O)C(C)(C)Oc1ccc(Oc2cc(F)cc(C(C)N(C)C(=O)c3ccc(C(F)(F)F)cc3)c2)cc1C. The third-order valence-corrected chi connectivity index (χ3v) is 6.25. The summed E-state index contributed by atoms with van der Waals surface area (Å²) >= 11 is 0. The highest BCUT2D eigenvalue weighted by Crippen LogP contribution is 2.33. The van der Waals surface area contributed by atoms with Crippen molar-refractivity contribution >= 4 is 11.9 Å². The lowest BCUT2D eigenvalue weighted by Crippen LogP contribution is -2.39. The summed E-state index contributed by atoms with van der Waals surface area (Å²) in [5, 5.41) is 0. The zero-order valence-electron chi connectivity index (χ0n) is 23.1. The average Bonchev–Trinajstić information content (AvgIpc) is 2.88. The molecule has 3 aromatic rings. The Bertz CT molecular complexity index is 1370. The Balaban J connectivity index is 1.76. The van der Waals surface area contributed by atoms with Gasteiger partial charge in [0.05, 0.1) is 18.2 Å². The van der Waals surface area contributed by atoms with Crippen LogP contribution < -0.4 is 9.47 Å². The molecule has 0 bridgehead atoms. The number of rotatable bonds is 9. The molecule has 0 aliphatic heterocycles. The van der Waals surface area contributed by atoms with E-state index in [1.165, 1.54) is 24.1 Å². The van der Waals surface area contributed by atoms with Crippen LogP contribution in [0, 0.1) is 12.7 Å². The number of hydrogen-bond donors (Lipinski definition) is 0. The molecule has 0 aliphatic carbocycles. The second-order valence-corrected chi connectivity index (χ2v) is 9.75. The van der Waals surface area contributed by atoms with E-state index in [4.69, 9.17) is 14.2 Å². The summed E-state index contributed by atoms with van der Waals surface area (Å²) in [5.41, 5.74) is -0.906. The molecule has 6 nitrogen and oxygen atoms in total. The maximum Gasteiger partial charge on any atom is 0.416 e. The van der Waals surface area contributed by atoms with Crippen molar-refractivity contribution in [3.63, 3.8) is 0 Å². The van der Waals surface area contributed by atoms with Gasteiger partial charge in [0.2, 0.25) is 0 Å². The number of carbonyl (C=O) groups is 2. The van der Waals surface area contributed by atoms with Gasteiger partial charge >= 0.3 is 12.1 Å². The molecule has 40 heavy (non-hydrogen) atoms. The topological polar surface area (TPSA) is 65.1 Å². The van der Waals surface area contributed by atoms with Crippen molar-refractivity contribution in [3.05, 3.63) is 88.7 Å². The van der Waals surface area contributed by atoms with Crippen molar-refractivity contribution in [2.75, 3.05) is 13.7 Å². The number of aryl methyl sites for hydroxylation is 1. The van der Waals surface area contributed by atoms with E-state index in [9.17, 15) is 27.2 Å². The van der Waals surface area contributed by atoms with Crippen LogP contribution in [0.4, 0.5) is 17.6 Å². The van der Waals surface area contributed by atoms with E-state index < -0.39 is 41.1 Å². The van der Waals surface area contributed by atoms with Gasteiger partial charge in [-0.25, -0.2) is 9.18 Å². The Kier molecular flexibility index (Phi) is 9.12. The normalized spacial score (nSPS) is 12.4. The summed E-state index contributed by atoms with van der Waals surface area (Å²) in [6.07, 6.45) is -4.51. The largest absolute Gasteiger partial charge is 0.476 e. The number of hydrogen-bond acceptors (Lipinski definition) is 5. The van der Waals surface area contributed by atoms with Gasteiger partial charge < -0.3 is 19.1 Å². The van der Waals surface area contributed by atoms with Crippen molar-refractivity contribution in [2.45, 2.75) is 52.4 Å². The summed E-state index contributed by atoms with van der Waals surface area (Å²) in [5.74, 6) is -0.609. The lowest BCUT2D eigenvalue weighted by molar-refractivity contribution is -0.158. The molecule has 3 aromatic carbocycles. The van der Waals surface area contributed by atoms with Crippen LogP contribution in [0.25, 0.3) is 0 Å². The molecular formula is C30H31F4NO5. The first kappa shape index (κ1) is 30.5. The fraction of sp³-hybridized carbons (Fsp3) is 0.333. The quantitative estimate of drug-likeness (QED) is 0.200. The van der Waals surface area contributed by atoms with E-state index in [1.807, 2.05) is 0 Å². The van der Waals surface area contributed by atoms with Crippen molar-refractivity contribution < 1.29 is 41.4 Å². The molecule has 0 radical (unpaired) electrons. The number of halogens is 4. The van der Waals surface area contributed by atoms with Gasteiger partial charge in [-0.05, 0) is 100 Å². The van der Waals surface area contributed by atoms with Crippen molar-refractivity contribution in [1.82, 2.24) is 4.90 Å². The molecule has 1 atom stereocenters. The monoisotopic (exact) mass is 561 g/mol. The van der Waals surface area contributed by atoms with E-state index in [0.29, 0.717) is 22.6 Å². The molecule has 0 spiro atoms. The molecule has 0 aromatic heterocycles. The van der Waals surface area contributed by atoms with Gasteiger partial charge in [0.1, 0.15) is 23.1 Å². The minimum absolute atomic E-state index is 0.0687. The van der Waals surface area contributed by atoms with Gasteiger partial charge in [-0.2, -0.15) is 13.2 Å². The Hall–Kier alpha value is -4.08. The maximum absolute atomic E-state index is 14.5. The second-order valence-electron chi connectivity index (χ2n) is 9.75. The Morgan fingerprint density at radius 2 is 1.60 bits per heavy atom. The molecule has 0 fully saturated rings. The molecule has 10 heteroatoms. The smallest absolute Gasteiger partial charge is 0.416 e. The number of amides is 1. The zero-order valence-corrected chi connectivity index (χ0v) is 23.1. The summed E-state index contributed by atoms with van der Waals surface area (Å²) in [4.78, 5) is 26.4. The zero-order chi connectivity index (χ0) is 29.8. The molecule has 1 amide bonds. The first-order valence-electron chi connectivity index (χ1n) is 12.5. The minimum Gasteiger partial charge on any atom is -0.476 e. The Morgan fingerprint density at radius 3 is 2.17 bits per heavy atom. The van der Waals surface area contributed by atoms with Gasteiger partial charge in [0.25, 0.3) is 5.91 Å². The highest BCUT2D eigenvalue weighted by molar-refractivity contribution is 5.94. The summed E-state index contributed by atoms with van der Waals surface area (Å²) in [6, 6.07) is 12.2. The molecular weight excluding hydrogens is 530 g/mol. The summed E-state index contributed by atoms with van der Waals surface area (Å²) in [6.45, 7) is 8.57. The van der Waals surface area contributed by atoms with Gasteiger partial charge in [0, 0.05) is 18.7 Å². The van der Waals surface area contributed by atoms with Crippen LogP contribution in [0.2, 0.25) is 0 Å². The molecule has 0 N–H and O–H groups in total. The highest BCUT2D eigenvalue weighted by atomic mass is 19.4. The van der Waals surface area contributed by atoms with Crippen molar-refractivity contribution in [2.24, 2.45) is 0 Å².